The molecule has 0 aliphatic heterocycles. The number of methoxy groups -OCH3 is 1. The smallest absolute Gasteiger partial charge is 0.223 e. The highest BCUT2D eigenvalue weighted by atomic mass is 79.9. The van der Waals surface area contributed by atoms with E-state index in [2.05, 4.69) is 26.2 Å². The minimum Gasteiger partial charge on any atom is -0.496 e. The zero-order chi connectivity index (χ0) is 22.4. The fraction of sp³-hybridized carbons (Fsp3) is 0.609. The molecule has 4 aliphatic rings. The molecule has 0 saturated heterocycles. The second-order valence-corrected chi connectivity index (χ2v) is 10.6. The van der Waals surface area contributed by atoms with Crippen molar-refractivity contribution in [2.75, 3.05) is 7.11 Å². The number of nitrogens with two attached hydrogens (primary N) is 1. The van der Waals surface area contributed by atoms with Gasteiger partial charge in [-0.25, -0.2) is 0 Å². The number of amides is 1. The van der Waals surface area contributed by atoms with E-state index in [4.69, 9.17) is 15.2 Å². The fourth-order valence-corrected chi connectivity index (χ4v) is 6.68. The van der Waals surface area contributed by atoms with Crippen LogP contribution in [0.15, 0.2) is 27.7 Å². The molecule has 4 fully saturated rings. The Labute approximate surface area is 191 Å². The molecule has 1 aromatic carbocycles. The van der Waals surface area contributed by atoms with Crippen molar-refractivity contribution < 1.29 is 14.3 Å². The van der Waals surface area contributed by atoms with Gasteiger partial charge in [0.05, 0.1) is 11.6 Å². The van der Waals surface area contributed by atoms with Gasteiger partial charge in [-0.05, 0) is 97.8 Å². The van der Waals surface area contributed by atoms with E-state index in [1.807, 2.05) is 38.2 Å². The molecular weight excluding hydrogens is 460 g/mol. The molecule has 31 heavy (non-hydrogen) atoms. The van der Waals surface area contributed by atoms with Crippen LogP contribution in [0.1, 0.15) is 46.0 Å². The van der Waals surface area contributed by atoms with Crippen molar-refractivity contribution in [3.63, 3.8) is 0 Å². The number of hydrogen-bond acceptors (Lipinski definition) is 5. The highest BCUT2D eigenvalue weighted by Gasteiger charge is 2.58. The lowest BCUT2D eigenvalue weighted by Crippen LogP contribution is -2.64. The van der Waals surface area contributed by atoms with E-state index in [0.29, 0.717) is 35.1 Å². The number of nitrogens with one attached hydrogen (secondary N) is 1. The predicted molar refractivity (Wildman–Crippen MR) is 121 cm³/mol. The van der Waals surface area contributed by atoms with Gasteiger partial charge in [0.2, 0.25) is 12.1 Å². The second kappa shape index (κ2) is 8.01. The van der Waals surface area contributed by atoms with E-state index in [1.165, 1.54) is 0 Å². The van der Waals surface area contributed by atoms with Crippen molar-refractivity contribution in [3.8, 4) is 17.7 Å². The third kappa shape index (κ3) is 4.00. The fourth-order valence-electron chi connectivity index (χ4n) is 6.16. The molecule has 166 valence electrons. The Morgan fingerprint density at radius 1 is 1.32 bits per heavy atom. The second-order valence-electron chi connectivity index (χ2n) is 9.75. The van der Waals surface area contributed by atoms with Crippen LogP contribution in [0.5, 0.6) is 11.5 Å². The van der Waals surface area contributed by atoms with Gasteiger partial charge in [-0.15, -0.1) is 0 Å². The molecule has 2 atom stereocenters. The molecule has 0 spiro atoms. The van der Waals surface area contributed by atoms with E-state index in [0.717, 1.165) is 36.6 Å². The van der Waals surface area contributed by atoms with Gasteiger partial charge in [0.25, 0.3) is 0 Å². The van der Waals surface area contributed by atoms with E-state index in [-0.39, 0.29) is 17.4 Å². The minimum atomic E-state index is -0.847. The number of amidine groups is 1. The van der Waals surface area contributed by atoms with Crippen LogP contribution < -0.4 is 20.5 Å². The van der Waals surface area contributed by atoms with Crippen molar-refractivity contribution in [2.24, 2.45) is 33.9 Å². The summed E-state index contributed by atoms with van der Waals surface area (Å²) in [5.41, 5.74) is 4.62. The SMILES string of the molecule is COc1ccc(OC(C)(C)C(=NC#N)NC2C3CC4CC2CC(C(N)=O)(C4)C3)cc1Br. The van der Waals surface area contributed by atoms with E-state index in [9.17, 15) is 10.1 Å². The number of hydrogen-bond donors (Lipinski definition) is 2. The molecule has 5 rings (SSSR count). The number of carbonyl (C=O) groups is 1. The highest BCUT2D eigenvalue weighted by Crippen LogP contribution is 2.60. The summed E-state index contributed by atoms with van der Waals surface area (Å²) in [7, 11) is 1.61. The molecule has 2 unspecified atom stereocenters. The Balaban J connectivity index is 1.53. The van der Waals surface area contributed by atoms with Crippen LogP contribution in [-0.2, 0) is 4.79 Å². The van der Waals surface area contributed by atoms with Gasteiger partial charge in [0, 0.05) is 11.5 Å². The molecule has 4 aliphatic carbocycles. The molecule has 0 heterocycles. The number of benzene rings is 1. The maximum absolute atomic E-state index is 12.2. The maximum Gasteiger partial charge on any atom is 0.223 e. The Bertz CT molecular complexity index is 939. The zero-order valence-corrected chi connectivity index (χ0v) is 19.7. The molecule has 4 bridgehead atoms. The summed E-state index contributed by atoms with van der Waals surface area (Å²) in [5.74, 6) is 2.99. The monoisotopic (exact) mass is 488 g/mol. The lowest BCUT2D eigenvalue weighted by Gasteiger charge is -2.59. The summed E-state index contributed by atoms with van der Waals surface area (Å²) < 4.78 is 12.3. The summed E-state index contributed by atoms with van der Waals surface area (Å²) >= 11 is 3.48. The molecule has 1 aromatic rings. The van der Waals surface area contributed by atoms with Crippen LogP contribution in [0.2, 0.25) is 0 Å². The van der Waals surface area contributed by atoms with Crippen LogP contribution in [0.4, 0.5) is 0 Å². The molecule has 1 amide bonds. The summed E-state index contributed by atoms with van der Waals surface area (Å²) in [6.07, 6.45) is 6.69. The van der Waals surface area contributed by atoms with E-state index < -0.39 is 5.60 Å². The Morgan fingerprint density at radius 2 is 2.00 bits per heavy atom. The number of primary amides is 1. The number of nitriles is 1. The average Bonchev–Trinajstić information content (AvgIpc) is 2.69. The van der Waals surface area contributed by atoms with Gasteiger partial charge in [-0.3, -0.25) is 4.79 Å². The Kier molecular flexibility index (Phi) is 5.67. The van der Waals surface area contributed by atoms with Gasteiger partial charge < -0.3 is 20.5 Å². The first-order valence-corrected chi connectivity index (χ1v) is 11.5. The maximum atomic E-state index is 12.2. The molecule has 3 N–H and O–H groups in total. The van der Waals surface area contributed by atoms with Crippen LogP contribution in [-0.4, -0.2) is 30.5 Å². The number of ether oxygens (including phenoxy) is 2. The normalized spacial score (nSPS) is 31.8. The number of rotatable bonds is 6. The zero-order valence-electron chi connectivity index (χ0n) is 18.2. The quantitative estimate of drug-likeness (QED) is 0.359. The molecule has 8 heteroatoms. The lowest BCUT2D eigenvalue weighted by molar-refractivity contribution is -0.145. The van der Waals surface area contributed by atoms with E-state index in [1.54, 1.807) is 7.11 Å². The molecule has 7 nitrogen and oxygen atoms in total. The van der Waals surface area contributed by atoms with Crippen LogP contribution >= 0.6 is 15.9 Å². The summed E-state index contributed by atoms with van der Waals surface area (Å²) in [4.78, 5) is 16.3. The molecule has 0 radical (unpaired) electrons. The lowest BCUT2D eigenvalue weighted by atomic mass is 9.47. The molecule has 0 aromatic heterocycles. The summed E-state index contributed by atoms with van der Waals surface area (Å²) in [6.45, 7) is 3.80. The molecule has 4 saturated carbocycles. The predicted octanol–water partition coefficient (Wildman–Crippen LogP) is 3.76. The Hall–Kier alpha value is -2.27. The standard InChI is InChI=1S/C23H29BrN4O3/c1-22(2,31-16-4-5-18(30-3)17(24)8-16)21(27-12-25)28-19-14-6-13-7-15(19)11-23(9-13,10-14)20(26)29/h4-5,8,13-15,19H,6-7,9-11H2,1-3H3,(H2,26,29)(H,27,28). The van der Waals surface area contributed by atoms with Gasteiger partial charge in [0.1, 0.15) is 11.5 Å². The number of nitrogens with zero attached hydrogens (tertiary/aromatic N) is 2. The first-order valence-electron chi connectivity index (χ1n) is 10.7. The average molecular weight is 489 g/mol. The van der Waals surface area contributed by atoms with Crippen LogP contribution in [0, 0.1) is 34.6 Å². The number of carbonyl (C=O) groups excluding carboxylic acids is 1. The topological polar surface area (TPSA) is 110 Å². The van der Waals surface area contributed by atoms with Crippen LogP contribution in [0.3, 0.4) is 0 Å². The third-order valence-electron chi connectivity index (χ3n) is 7.33. The third-order valence-corrected chi connectivity index (χ3v) is 7.95. The first-order chi connectivity index (χ1) is 14.7. The van der Waals surface area contributed by atoms with Gasteiger partial charge in [-0.1, -0.05) is 0 Å². The van der Waals surface area contributed by atoms with Crippen LogP contribution in [0.25, 0.3) is 0 Å². The minimum absolute atomic E-state index is 0.148. The van der Waals surface area contributed by atoms with Gasteiger partial charge >= 0.3 is 0 Å². The van der Waals surface area contributed by atoms with Crippen molar-refractivity contribution in [1.82, 2.24) is 5.32 Å². The summed E-state index contributed by atoms with van der Waals surface area (Å²) in [5, 5.41) is 12.9. The summed E-state index contributed by atoms with van der Waals surface area (Å²) in [6, 6.07) is 5.66. The van der Waals surface area contributed by atoms with Crippen molar-refractivity contribution in [2.45, 2.75) is 57.6 Å². The first kappa shape index (κ1) is 21.9. The molecular formula is C23H29BrN4O3. The highest BCUT2D eigenvalue weighted by molar-refractivity contribution is 9.10. The van der Waals surface area contributed by atoms with Crippen molar-refractivity contribution in [1.29, 1.82) is 5.26 Å². The van der Waals surface area contributed by atoms with Gasteiger partial charge in [0.15, 0.2) is 11.4 Å². The van der Waals surface area contributed by atoms with Gasteiger partial charge in [-0.2, -0.15) is 10.3 Å². The largest absolute Gasteiger partial charge is 0.496 e. The van der Waals surface area contributed by atoms with E-state index >= 15 is 0 Å². The van der Waals surface area contributed by atoms with Crippen molar-refractivity contribution >= 4 is 27.7 Å². The number of aliphatic imine (C=N–C) groups is 1. The number of halogens is 1. The Morgan fingerprint density at radius 3 is 2.55 bits per heavy atom. The van der Waals surface area contributed by atoms with Crippen molar-refractivity contribution in [3.05, 3.63) is 22.7 Å².